The number of likely N-dealkylation sites (N-methyl/N-ethyl adjacent to an activating group) is 1. The van der Waals surface area contributed by atoms with Crippen molar-refractivity contribution in [1.82, 2.24) is 10.2 Å². The van der Waals surface area contributed by atoms with Gasteiger partial charge in [-0.3, -0.25) is 0 Å². The van der Waals surface area contributed by atoms with E-state index in [2.05, 4.69) is 68.5 Å². The van der Waals surface area contributed by atoms with Crippen molar-refractivity contribution in [1.29, 1.82) is 0 Å². The van der Waals surface area contributed by atoms with E-state index in [1.165, 1.54) is 31.2 Å². The number of benzene rings is 1. The molecule has 1 aromatic rings. The molecule has 0 radical (unpaired) electrons. The van der Waals surface area contributed by atoms with Gasteiger partial charge in [-0.25, -0.2) is 0 Å². The van der Waals surface area contributed by atoms with Crippen molar-refractivity contribution in [2.24, 2.45) is 11.8 Å². The average molecular weight is 333 g/mol. The molecule has 1 aliphatic rings. The molecule has 1 fully saturated rings. The van der Waals surface area contributed by atoms with Crippen molar-refractivity contribution >= 4 is 0 Å². The minimum absolute atomic E-state index is 0.0379. The molecule has 136 valence electrons. The third-order valence-corrected chi connectivity index (χ3v) is 5.17. The molecule has 2 atom stereocenters. The molecule has 1 saturated heterocycles. The van der Waals surface area contributed by atoms with Gasteiger partial charge in [0.15, 0.2) is 0 Å². The van der Waals surface area contributed by atoms with Crippen LogP contribution in [0.3, 0.4) is 0 Å². The summed E-state index contributed by atoms with van der Waals surface area (Å²) < 4.78 is 5.94. The molecule has 1 aliphatic heterocycles. The summed E-state index contributed by atoms with van der Waals surface area (Å²) in [5, 5.41) is 3.62. The number of hydrogen-bond acceptors (Lipinski definition) is 3. The van der Waals surface area contributed by atoms with Gasteiger partial charge in [0.2, 0.25) is 0 Å². The van der Waals surface area contributed by atoms with Gasteiger partial charge in [0, 0.05) is 19.7 Å². The fourth-order valence-electron chi connectivity index (χ4n) is 3.82. The van der Waals surface area contributed by atoms with Crippen molar-refractivity contribution in [2.45, 2.75) is 45.1 Å². The predicted molar refractivity (Wildman–Crippen MR) is 102 cm³/mol. The van der Waals surface area contributed by atoms with E-state index < -0.39 is 0 Å². The molecule has 0 saturated carbocycles. The van der Waals surface area contributed by atoms with Crippen molar-refractivity contribution < 1.29 is 4.74 Å². The quantitative estimate of drug-likeness (QED) is 0.699. The van der Waals surface area contributed by atoms with Gasteiger partial charge in [-0.2, -0.15) is 0 Å². The fourth-order valence-corrected chi connectivity index (χ4v) is 3.82. The normalized spacial score (nSPS) is 21.8. The summed E-state index contributed by atoms with van der Waals surface area (Å²) >= 11 is 0. The van der Waals surface area contributed by atoms with Gasteiger partial charge in [0.1, 0.15) is 0 Å². The Morgan fingerprint density at radius 2 is 1.96 bits per heavy atom. The minimum Gasteiger partial charge on any atom is -0.376 e. The second-order valence-electron chi connectivity index (χ2n) is 8.15. The SMILES string of the molecule is CN(C)CCNCC[C@H](Cc1ccccc1)[C@@H]1CCOC(C)(C)C1. The monoisotopic (exact) mass is 332 g/mol. The lowest BCUT2D eigenvalue weighted by molar-refractivity contribution is -0.0830. The summed E-state index contributed by atoms with van der Waals surface area (Å²) in [7, 11) is 4.26. The average Bonchev–Trinajstić information content (AvgIpc) is 2.53. The maximum Gasteiger partial charge on any atom is 0.0629 e. The Morgan fingerprint density at radius 1 is 1.21 bits per heavy atom. The second kappa shape index (κ2) is 9.55. The first-order valence-electron chi connectivity index (χ1n) is 9.49. The number of hydrogen-bond donors (Lipinski definition) is 1. The van der Waals surface area contributed by atoms with Gasteiger partial charge in [0.25, 0.3) is 0 Å². The molecule has 1 heterocycles. The minimum atomic E-state index is 0.0379. The van der Waals surface area contributed by atoms with Gasteiger partial charge < -0.3 is 15.0 Å². The van der Waals surface area contributed by atoms with E-state index in [-0.39, 0.29) is 5.60 Å². The zero-order chi connectivity index (χ0) is 17.4. The van der Waals surface area contributed by atoms with E-state index in [4.69, 9.17) is 4.74 Å². The van der Waals surface area contributed by atoms with Crippen molar-refractivity contribution in [3.05, 3.63) is 35.9 Å². The Hall–Kier alpha value is -0.900. The first-order chi connectivity index (χ1) is 11.5. The molecular formula is C21H36N2O. The molecule has 3 heteroatoms. The van der Waals surface area contributed by atoms with Crippen LogP contribution in [0.5, 0.6) is 0 Å². The summed E-state index contributed by atoms with van der Waals surface area (Å²) in [5.41, 5.74) is 1.51. The predicted octanol–water partition coefficient (Wildman–Crippen LogP) is 3.59. The summed E-state index contributed by atoms with van der Waals surface area (Å²) in [5.74, 6) is 1.51. The van der Waals surface area contributed by atoms with Gasteiger partial charge in [-0.15, -0.1) is 0 Å². The van der Waals surface area contributed by atoms with Crippen molar-refractivity contribution in [3.63, 3.8) is 0 Å². The number of rotatable bonds is 9. The van der Waals surface area contributed by atoms with E-state index >= 15 is 0 Å². The van der Waals surface area contributed by atoms with Gasteiger partial charge in [-0.05, 0) is 77.6 Å². The van der Waals surface area contributed by atoms with E-state index in [0.717, 1.165) is 38.1 Å². The lowest BCUT2D eigenvalue weighted by Crippen LogP contribution is -2.38. The molecule has 24 heavy (non-hydrogen) atoms. The summed E-state index contributed by atoms with van der Waals surface area (Å²) in [6.45, 7) is 8.69. The zero-order valence-corrected chi connectivity index (χ0v) is 16.1. The van der Waals surface area contributed by atoms with Crippen molar-refractivity contribution in [3.8, 4) is 0 Å². The summed E-state index contributed by atoms with van der Waals surface area (Å²) in [6.07, 6.45) is 4.83. The van der Waals surface area contributed by atoms with Crippen LogP contribution in [0, 0.1) is 11.8 Å². The highest BCUT2D eigenvalue weighted by Crippen LogP contribution is 2.36. The van der Waals surface area contributed by atoms with E-state index in [9.17, 15) is 0 Å². The van der Waals surface area contributed by atoms with Crippen LogP contribution in [0.2, 0.25) is 0 Å². The van der Waals surface area contributed by atoms with E-state index in [0.29, 0.717) is 0 Å². The zero-order valence-electron chi connectivity index (χ0n) is 16.1. The van der Waals surface area contributed by atoms with Crippen LogP contribution >= 0.6 is 0 Å². The van der Waals surface area contributed by atoms with Crippen LogP contribution in [-0.4, -0.2) is 50.8 Å². The molecule has 0 spiro atoms. The first-order valence-corrected chi connectivity index (χ1v) is 9.49. The van der Waals surface area contributed by atoms with Gasteiger partial charge in [-0.1, -0.05) is 30.3 Å². The first kappa shape index (κ1) is 19.4. The lowest BCUT2D eigenvalue weighted by Gasteiger charge is -2.39. The van der Waals surface area contributed by atoms with Crippen LogP contribution in [0.4, 0.5) is 0 Å². The van der Waals surface area contributed by atoms with Crippen LogP contribution < -0.4 is 5.32 Å². The molecule has 1 aromatic carbocycles. The Balaban J connectivity index is 1.91. The standard InChI is InChI=1S/C21H36N2O/c1-21(2)17-20(11-15-24-21)19(10-12-22-13-14-23(3)4)16-18-8-6-5-7-9-18/h5-9,19-20,22H,10-17H2,1-4H3/t19-,20-/m1/s1. The molecule has 3 nitrogen and oxygen atoms in total. The Kier molecular flexibility index (Phi) is 7.73. The maximum atomic E-state index is 5.94. The molecule has 1 N–H and O–H groups in total. The second-order valence-corrected chi connectivity index (χ2v) is 8.15. The van der Waals surface area contributed by atoms with Crippen LogP contribution in [0.15, 0.2) is 30.3 Å². The van der Waals surface area contributed by atoms with Crippen LogP contribution in [-0.2, 0) is 11.2 Å². The van der Waals surface area contributed by atoms with Crippen LogP contribution in [0.25, 0.3) is 0 Å². The highest BCUT2D eigenvalue weighted by Gasteiger charge is 2.33. The Bertz CT molecular complexity index is 458. The number of ether oxygens (including phenoxy) is 1. The van der Waals surface area contributed by atoms with Crippen LogP contribution in [0.1, 0.15) is 38.7 Å². The third kappa shape index (κ3) is 6.92. The molecule has 0 unspecified atom stereocenters. The molecule has 0 aromatic heterocycles. The number of nitrogens with one attached hydrogen (secondary N) is 1. The van der Waals surface area contributed by atoms with E-state index in [1.807, 2.05) is 0 Å². The summed E-state index contributed by atoms with van der Waals surface area (Å²) in [6, 6.07) is 11.0. The third-order valence-electron chi connectivity index (χ3n) is 5.17. The molecule has 0 bridgehead atoms. The topological polar surface area (TPSA) is 24.5 Å². The van der Waals surface area contributed by atoms with Crippen molar-refractivity contribution in [2.75, 3.05) is 40.3 Å². The Morgan fingerprint density at radius 3 is 2.62 bits per heavy atom. The molecule has 0 aliphatic carbocycles. The molecular weight excluding hydrogens is 296 g/mol. The highest BCUT2D eigenvalue weighted by atomic mass is 16.5. The fraction of sp³-hybridized carbons (Fsp3) is 0.714. The van der Waals surface area contributed by atoms with Gasteiger partial charge in [0.05, 0.1) is 5.60 Å². The summed E-state index contributed by atoms with van der Waals surface area (Å²) in [4.78, 5) is 2.23. The number of nitrogens with zero attached hydrogens (tertiary/aromatic N) is 1. The largest absolute Gasteiger partial charge is 0.376 e. The molecule has 0 amide bonds. The van der Waals surface area contributed by atoms with E-state index in [1.54, 1.807) is 0 Å². The smallest absolute Gasteiger partial charge is 0.0629 e. The maximum absolute atomic E-state index is 5.94. The lowest BCUT2D eigenvalue weighted by atomic mass is 9.76. The molecule has 2 rings (SSSR count). The highest BCUT2D eigenvalue weighted by molar-refractivity contribution is 5.15. The Labute approximate surface area is 148 Å². The van der Waals surface area contributed by atoms with Gasteiger partial charge >= 0.3 is 0 Å².